The number of thioether (sulfide) groups is 1. The molecule has 0 atom stereocenters. The molecule has 0 radical (unpaired) electrons. The Bertz CT molecular complexity index is 949. The number of methoxy groups -OCH3 is 2. The van der Waals surface area contributed by atoms with E-state index in [2.05, 4.69) is 15.5 Å². The molecule has 0 fully saturated rings. The molecule has 9 heteroatoms. The van der Waals surface area contributed by atoms with E-state index in [1.165, 1.54) is 30.2 Å². The van der Waals surface area contributed by atoms with E-state index in [9.17, 15) is 4.79 Å². The molecule has 1 heterocycles. The quantitative estimate of drug-likeness (QED) is 0.438. The normalized spacial score (nSPS) is 10.5. The second-order valence-corrected chi connectivity index (χ2v) is 7.95. The molecule has 1 aromatic heterocycles. The van der Waals surface area contributed by atoms with Gasteiger partial charge in [-0.15, -0.1) is 10.2 Å². The molecule has 0 aliphatic heterocycles. The highest BCUT2D eigenvalue weighted by Gasteiger charge is 2.13. The number of anilines is 1. The van der Waals surface area contributed by atoms with E-state index >= 15 is 0 Å². The van der Waals surface area contributed by atoms with Crippen molar-refractivity contribution in [3.63, 3.8) is 0 Å². The molecule has 0 saturated carbocycles. The number of carbonyl (C=O) groups excluding carboxylic acids is 1. The van der Waals surface area contributed by atoms with E-state index in [0.29, 0.717) is 27.2 Å². The summed E-state index contributed by atoms with van der Waals surface area (Å²) in [7, 11) is 3.06. The highest BCUT2D eigenvalue weighted by molar-refractivity contribution is 8.00. The van der Waals surface area contributed by atoms with Crippen molar-refractivity contribution in [3.05, 3.63) is 58.6 Å². The summed E-state index contributed by atoms with van der Waals surface area (Å²) in [4.78, 5) is 12.4. The number of nitrogens with one attached hydrogen (secondary N) is 1. The van der Waals surface area contributed by atoms with Crippen LogP contribution in [0, 0.1) is 0 Å². The number of aromatic nitrogens is 2. The summed E-state index contributed by atoms with van der Waals surface area (Å²) in [6.45, 7) is 0. The first-order valence-electron chi connectivity index (χ1n) is 7.83. The van der Waals surface area contributed by atoms with Gasteiger partial charge in [0.1, 0.15) is 0 Å². The van der Waals surface area contributed by atoms with Crippen LogP contribution in [0.3, 0.4) is 0 Å². The highest BCUT2D eigenvalue weighted by atomic mass is 35.5. The van der Waals surface area contributed by atoms with Gasteiger partial charge in [0.25, 0.3) is 5.91 Å². The Labute approximate surface area is 169 Å². The lowest BCUT2D eigenvalue weighted by Gasteiger charge is -2.08. The number of hydrogen-bond acceptors (Lipinski definition) is 7. The maximum Gasteiger partial charge on any atom is 0.257 e. The van der Waals surface area contributed by atoms with Crippen LogP contribution in [0.15, 0.2) is 46.8 Å². The van der Waals surface area contributed by atoms with E-state index < -0.39 is 0 Å². The largest absolute Gasteiger partial charge is 0.493 e. The van der Waals surface area contributed by atoms with Crippen LogP contribution in [-0.4, -0.2) is 30.3 Å². The number of ether oxygens (including phenoxy) is 2. The maximum atomic E-state index is 12.4. The number of benzene rings is 2. The lowest BCUT2D eigenvalue weighted by Crippen LogP contribution is -2.11. The fourth-order valence-electron chi connectivity index (χ4n) is 2.24. The van der Waals surface area contributed by atoms with Gasteiger partial charge in [-0.25, -0.2) is 0 Å². The van der Waals surface area contributed by atoms with Crippen molar-refractivity contribution in [1.82, 2.24) is 10.2 Å². The van der Waals surface area contributed by atoms with E-state index in [4.69, 9.17) is 21.1 Å². The van der Waals surface area contributed by atoms with Crippen molar-refractivity contribution >= 4 is 45.7 Å². The molecule has 2 aromatic carbocycles. The molecule has 6 nitrogen and oxygen atoms in total. The molecular weight excluding hydrogens is 406 g/mol. The molecule has 0 saturated heterocycles. The predicted octanol–water partition coefficient (Wildman–Crippen LogP) is 4.75. The summed E-state index contributed by atoms with van der Waals surface area (Å²) in [6, 6.07) is 12.6. The van der Waals surface area contributed by atoms with Gasteiger partial charge in [-0.1, -0.05) is 46.8 Å². The van der Waals surface area contributed by atoms with Gasteiger partial charge in [-0.05, 0) is 35.9 Å². The first-order valence-corrected chi connectivity index (χ1v) is 10.0. The van der Waals surface area contributed by atoms with E-state index in [-0.39, 0.29) is 5.91 Å². The molecule has 27 heavy (non-hydrogen) atoms. The second-order valence-electron chi connectivity index (χ2n) is 5.32. The Morgan fingerprint density at radius 1 is 1.15 bits per heavy atom. The minimum absolute atomic E-state index is 0.293. The van der Waals surface area contributed by atoms with Gasteiger partial charge in [0, 0.05) is 16.3 Å². The molecule has 1 amide bonds. The lowest BCUT2D eigenvalue weighted by molar-refractivity contribution is 0.102. The Morgan fingerprint density at radius 3 is 2.70 bits per heavy atom. The average Bonchev–Trinajstić information content (AvgIpc) is 3.13. The van der Waals surface area contributed by atoms with Crippen molar-refractivity contribution in [2.75, 3.05) is 19.5 Å². The van der Waals surface area contributed by atoms with Gasteiger partial charge >= 0.3 is 0 Å². The van der Waals surface area contributed by atoms with Crippen molar-refractivity contribution in [1.29, 1.82) is 0 Å². The molecule has 3 rings (SSSR count). The van der Waals surface area contributed by atoms with Crippen molar-refractivity contribution < 1.29 is 14.3 Å². The Hall–Kier alpha value is -2.29. The van der Waals surface area contributed by atoms with Crippen LogP contribution >= 0.6 is 34.7 Å². The minimum atomic E-state index is -0.293. The van der Waals surface area contributed by atoms with Crippen LogP contribution in [-0.2, 0) is 5.75 Å². The number of nitrogens with zero attached hydrogens (tertiary/aromatic N) is 2. The third-order valence-electron chi connectivity index (χ3n) is 3.52. The van der Waals surface area contributed by atoms with Crippen molar-refractivity contribution in [2.24, 2.45) is 0 Å². The zero-order chi connectivity index (χ0) is 19.2. The third kappa shape index (κ3) is 5.12. The number of rotatable bonds is 7. The lowest BCUT2D eigenvalue weighted by atomic mass is 10.2. The molecule has 0 spiro atoms. The molecule has 0 unspecified atom stereocenters. The Kier molecular flexibility index (Phi) is 6.54. The third-order valence-corrected chi connectivity index (χ3v) is 5.80. The molecule has 0 bridgehead atoms. The standard InChI is InChI=1S/C18H16ClN3O3S2/c1-24-14-7-6-12(9-15(14)25-2)16(23)20-17-21-22-18(27-17)26-10-11-4-3-5-13(19)8-11/h3-9H,10H2,1-2H3,(H,20,21,23). The number of halogens is 1. The summed E-state index contributed by atoms with van der Waals surface area (Å²) >= 11 is 8.84. The van der Waals surface area contributed by atoms with Gasteiger partial charge in [0.2, 0.25) is 5.13 Å². The zero-order valence-corrected chi connectivity index (χ0v) is 17.0. The van der Waals surface area contributed by atoms with Crippen LogP contribution in [0.4, 0.5) is 5.13 Å². The SMILES string of the molecule is COc1ccc(C(=O)Nc2nnc(SCc3cccc(Cl)c3)s2)cc1OC. The molecule has 1 N–H and O–H groups in total. The van der Waals surface area contributed by atoms with Crippen LogP contribution in [0.1, 0.15) is 15.9 Å². The summed E-state index contributed by atoms with van der Waals surface area (Å²) in [5.74, 6) is 1.47. The van der Waals surface area contributed by atoms with Gasteiger partial charge in [0.15, 0.2) is 15.8 Å². The molecule has 3 aromatic rings. The predicted molar refractivity (Wildman–Crippen MR) is 108 cm³/mol. The van der Waals surface area contributed by atoms with Gasteiger partial charge < -0.3 is 9.47 Å². The molecule has 0 aliphatic carbocycles. The highest BCUT2D eigenvalue weighted by Crippen LogP contribution is 2.30. The molecular formula is C18H16ClN3O3S2. The van der Waals surface area contributed by atoms with Crippen molar-refractivity contribution in [3.8, 4) is 11.5 Å². The van der Waals surface area contributed by atoms with Crippen molar-refractivity contribution in [2.45, 2.75) is 10.1 Å². The number of hydrogen-bond donors (Lipinski definition) is 1. The monoisotopic (exact) mass is 421 g/mol. The topological polar surface area (TPSA) is 73.3 Å². The summed E-state index contributed by atoms with van der Waals surface area (Å²) < 4.78 is 11.2. The van der Waals surface area contributed by atoms with Crippen LogP contribution < -0.4 is 14.8 Å². The summed E-state index contributed by atoms with van der Waals surface area (Å²) in [5.41, 5.74) is 1.54. The van der Waals surface area contributed by atoms with Crippen LogP contribution in [0.5, 0.6) is 11.5 Å². The van der Waals surface area contributed by atoms with Gasteiger partial charge in [0.05, 0.1) is 14.2 Å². The smallest absolute Gasteiger partial charge is 0.257 e. The van der Waals surface area contributed by atoms with E-state index in [0.717, 1.165) is 15.7 Å². The zero-order valence-electron chi connectivity index (χ0n) is 14.6. The molecule has 0 aliphatic rings. The maximum absolute atomic E-state index is 12.4. The Morgan fingerprint density at radius 2 is 1.96 bits per heavy atom. The second kappa shape index (κ2) is 9.07. The van der Waals surface area contributed by atoms with Gasteiger partial charge in [-0.3, -0.25) is 10.1 Å². The van der Waals surface area contributed by atoms with E-state index in [1.54, 1.807) is 25.3 Å². The first-order chi connectivity index (χ1) is 13.1. The van der Waals surface area contributed by atoms with Crippen LogP contribution in [0.25, 0.3) is 0 Å². The summed E-state index contributed by atoms with van der Waals surface area (Å²) in [5, 5.41) is 12.0. The molecule has 140 valence electrons. The average molecular weight is 422 g/mol. The number of carbonyl (C=O) groups is 1. The fraction of sp³-hybridized carbons (Fsp3) is 0.167. The van der Waals surface area contributed by atoms with E-state index in [1.807, 2.05) is 24.3 Å². The summed E-state index contributed by atoms with van der Waals surface area (Å²) in [6.07, 6.45) is 0. The number of amides is 1. The fourth-order valence-corrected chi connectivity index (χ4v) is 4.14. The Balaban J connectivity index is 1.62. The first kappa shape index (κ1) is 19.5. The van der Waals surface area contributed by atoms with Crippen LogP contribution in [0.2, 0.25) is 5.02 Å². The van der Waals surface area contributed by atoms with Gasteiger partial charge in [-0.2, -0.15) is 0 Å². The minimum Gasteiger partial charge on any atom is -0.493 e.